The number of amides is 2. The van der Waals surface area contributed by atoms with Gasteiger partial charge in [0.2, 0.25) is 5.91 Å². The predicted molar refractivity (Wildman–Crippen MR) is 128 cm³/mol. The minimum Gasteiger partial charge on any atom is -0.335 e. The van der Waals surface area contributed by atoms with Crippen molar-refractivity contribution in [3.63, 3.8) is 0 Å². The zero-order valence-electron chi connectivity index (χ0n) is 19.4. The fourth-order valence-corrected chi connectivity index (χ4v) is 5.23. The van der Waals surface area contributed by atoms with Gasteiger partial charge in [0, 0.05) is 41.9 Å². The number of rotatable bonds is 6. The van der Waals surface area contributed by atoms with Gasteiger partial charge >= 0.3 is 0 Å². The monoisotopic (exact) mass is 469 g/mol. The molecule has 5 nitrogen and oxygen atoms in total. The summed E-state index contributed by atoms with van der Waals surface area (Å²) in [6, 6.07) is 10.3. The summed E-state index contributed by atoms with van der Waals surface area (Å²) in [5, 5.41) is 2.78. The molecule has 0 aliphatic heterocycles. The van der Waals surface area contributed by atoms with Crippen LogP contribution < -0.4 is 11.1 Å². The van der Waals surface area contributed by atoms with Crippen molar-refractivity contribution in [2.45, 2.75) is 76.4 Å². The Labute approximate surface area is 199 Å². The topological polar surface area (TPSA) is 75.4 Å². The number of hydrogen-bond donors (Lipinski definition) is 2. The Morgan fingerprint density at radius 2 is 1.56 bits per heavy atom. The molecular weight excluding hydrogens is 436 g/mol. The molecule has 2 amide bonds. The van der Waals surface area contributed by atoms with Crippen molar-refractivity contribution in [1.29, 1.82) is 0 Å². The molecule has 182 valence electrons. The molecule has 2 aromatic carbocycles. The third-order valence-corrected chi connectivity index (χ3v) is 7.15. The van der Waals surface area contributed by atoms with Crippen molar-refractivity contribution >= 4 is 17.5 Å². The standard InChI is InChI=1S/C27H33F2N3O2/c28-21-14-20(15-22(29)16-21)26(33)31-25-9-5-4-8-19(25)17-32(24-12-10-23(30)11-13-24)27(34)18-6-2-1-3-7-18/h4-5,8-9,14-16,18,23-24H,1-3,6-7,10-13,17,30H2,(H,31,33). The number of hydrogen-bond acceptors (Lipinski definition) is 3. The molecule has 4 rings (SSSR count). The van der Waals surface area contributed by atoms with Crippen LogP contribution in [0.4, 0.5) is 14.5 Å². The number of anilines is 1. The fraction of sp³-hybridized carbons (Fsp3) is 0.481. The number of carbonyl (C=O) groups excluding carboxylic acids is 2. The Morgan fingerprint density at radius 3 is 2.24 bits per heavy atom. The van der Waals surface area contributed by atoms with Crippen molar-refractivity contribution in [2.75, 3.05) is 5.32 Å². The number of halogens is 2. The molecule has 0 saturated heterocycles. The average Bonchev–Trinajstić information content (AvgIpc) is 2.83. The van der Waals surface area contributed by atoms with Gasteiger partial charge in [-0.1, -0.05) is 37.5 Å². The highest BCUT2D eigenvalue weighted by Crippen LogP contribution is 2.31. The second kappa shape index (κ2) is 11.1. The Kier molecular flexibility index (Phi) is 7.93. The summed E-state index contributed by atoms with van der Waals surface area (Å²) in [4.78, 5) is 28.4. The number of para-hydroxylation sites is 1. The van der Waals surface area contributed by atoms with Crippen LogP contribution in [0.3, 0.4) is 0 Å². The fourth-order valence-electron chi connectivity index (χ4n) is 5.23. The lowest BCUT2D eigenvalue weighted by Crippen LogP contribution is -2.46. The van der Waals surface area contributed by atoms with Gasteiger partial charge in [-0.3, -0.25) is 9.59 Å². The molecule has 2 aliphatic carbocycles. The molecule has 0 radical (unpaired) electrons. The molecule has 3 N–H and O–H groups in total. The van der Waals surface area contributed by atoms with E-state index < -0.39 is 17.5 Å². The maximum Gasteiger partial charge on any atom is 0.255 e. The lowest BCUT2D eigenvalue weighted by Gasteiger charge is -2.39. The van der Waals surface area contributed by atoms with E-state index in [2.05, 4.69) is 5.32 Å². The third-order valence-electron chi connectivity index (χ3n) is 7.15. The second-order valence-electron chi connectivity index (χ2n) is 9.64. The van der Waals surface area contributed by atoms with Crippen molar-refractivity contribution in [1.82, 2.24) is 4.90 Å². The quantitative estimate of drug-likeness (QED) is 0.595. The van der Waals surface area contributed by atoms with Gasteiger partial charge in [-0.25, -0.2) is 8.78 Å². The van der Waals surface area contributed by atoms with E-state index >= 15 is 0 Å². The minimum absolute atomic E-state index is 0.0429. The molecule has 2 aromatic rings. The molecule has 2 saturated carbocycles. The van der Waals surface area contributed by atoms with E-state index in [1.165, 1.54) is 6.42 Å². The van der Waals surface area contributed by atoms with E-state index in [9.17, 15) is 18.4 Å². The number of carbonyl (C=O) groups is 2. The zero-order valence-corrected chi connectivity index (χ0v) is 19.4. The van der Waals surface area contributed by atoms with Crippen LogP contribution in [0.2, 0.25) is 0 Å². The van der Waals surface area contributed by atoms with E-state index in [0.29, 0.717) is 12.2 Å². The number of nitrogens with zero attached hydrogens (tertiary/aromatic N) is 1. The van der Waals surface area contributed by atoms with Gasteiger partial charge in [0.05, 0.1) is 0 Å². The first kappa shape index (κ1) is 24.3. The van der Waals surface area contributed by atoms with Crippen molar-refractivity contribution in [2.24, 2.45) is 11.7 Å². The minimum atomic E-state index is -0.807. The van der Waals surface area contributed by atoms with Gasteiger partial charge in [-0.2, -0.15) is 0 Å². The molecule has 0 spiro atoms. The van der Waals surface area contributed by atoms with Crippen LogP contribution in [0.1, 0.15) is 73.7 Å². The molecule has 34 heavy (non-hydrogen) atoms. The molecule has 2 fully saturated rings. The molecule has 0 unspecified atom stereocenters. The normalized spacial score (nSPS) is 21.1. The van der Waals surface area contributed by atoms with Gasteiger partial charge in [-0.15, -0.1) is 0 Å². The van der Waals surface area contributed by atoms with Crippen LogP contribution in [-0.4, -0.2) is 28.8 Å². The highest BCUT2D eigenvalue weighted by Gasteiger charge is 2.33. The first-order valence-corrected chi connectivity index (χ1v) is 12.3. The maximum absolute atomic E-state index is 13.6. The first-order valence-electron chi connectivity index (χ1n) is 12.3. The Balaban J connectivity index is 1.56. The predicted octanol–water partition coefficient (Wildman–Crippen LogP) is 5.40. The average molecular weight is 470 g/mol. The van der Waals surface area contributed by atoms with Crippen LogP contribution in [0.25, 0.3) is 0 Å². The molecule has 0 bridgehead atoms. The summed E-state index contributed by atoms with van der Waals surface area (Å²) in [6.07, 6.45) is 8.71. The number of benzene rings is 2. The van der Waals surface area contributed by atoms with Gasteiger partial charge in [0.15, 0.2) is 0 Å². The molecule has 7 heteroatoms. The number of nitrogens with two attached hydrogens (primary N) is 1. The van der Waals surface area contributed by atoms with Gasteiger partial charge in [0.25, 0.3) is 5.91 Å². The lowest BCUT2D eigenvalue weighted by molar-refractivity contribution is -0.140. The molecule has 0 heterocycles. The molecule has 0 atom stereocenters. The van der Waals surface area contributed by atoms with Gasteiger partial charge in [-0.05, 0) is 62.3 Å². The van der Waals surface area contributed by atoms with Crippen LogP contribution in [0.5, 0.6) is 0 Å². The van der Waals surface area contributed by atoms with Crippen LogP contribution in [0, 0.1) is 17.6 Å². The molecule has 0 aromatic heterocycles. The Morgan fingerprint density at radius 1 is 0.912 bits per heavy atom. The van der Waals surface area contributed by atoms with Gasteiger partial charge < -0.3 is 16.0 Å². The van der Waals surface area contributed by atoms with E-state index in [1.54, 1.807) is 12.1 Å². The summed E-state index contributed by atoms with van der Waals surface area (Å²) in [6.45, 7) is 0.378. The Hall–Kier alpha value is -2.80. The van der Waals surface area contributed by atoms with Crippen LogP contribution >= 0.6 is 0 Å². The SMILES string of the molecule is NC1CCC(N(Cc2ccccc2NC(=O)c2cc(F)cc(F)c2)C(=O)C2CCCCC2)CC1. The Bertz CT molecular complexity index is 994. The zero-order chi connectivity index (χ0) is 24.1. The second-order valence-corrected chi connectivity index (χ2v) is 9.64. The summed E-state index contributed by atoms with van der Waals surface area (Å²) in [5.41, 5.74) is 7.36. The van der Waals surface area contributed by atoms with Crippen molar-refractivity contribution in [3.05, 3.63) is 65.2 Å². The summed E-state index contributed by atoms with van der Waals surface area (Å²) in [5.74, 6) is -1.98. The van der Waals surface area contributed by atoms with E-state index in [1.807, 2.05) is 17.0 Å². The lowest BCUT2D eigenvalue weighted by atomic mass is 9.85. The third kappa shape index (κ3) is 6.00. The van der Waals surface area contributed by atoms with Crippen LogP contribution in [-0.2, 0) is 11.3 Å². The maximum atomic E-state index is 13.6. The van der Waals surface area contributed by atoms with E-state index in [-0.39, 0.29) is 29.5 Å². The summed E-state index contributed by atoms with van der Waals surface area (Å²) < 4.78 is 27.2. The summed E-state index contributed by atoms with van der Waals surface area (Å²) >= 11 is 0. The number of nitrogens with one attached hydrogen (secondary N) is 1. The van der Waals surface area contributed by atoms with Crippen molar-refractivity contribution in [3.8, 4) is 0 Å². The van der Waals surface area contributed by atoms with Crippen molar-refractivity contribution < 1.29 is 18.4 Å². The van der Waals surface area contributed by atoms with Gasteiger partial charge in [0.1, 0.15) is 11.6 Å². The van der Waals surface area contributed by atoms with Crippen LogP contribution in [0.15, 0.2) is 42.5 Å². The first-order chi connectivity index (χ1) is 16.4. The molecular formula is C27H33F2N3O2. The smallest absolute Gasteiger partial charge is 0.255 e. The molecule has 2 aliphatic rings. The highest BCUT2D eigenvalue weighted by atomic mass is 19.1. The largest absolute Gasteiger partial charge is 0.335 e. The van der Waals surface area contributed by atoms with E-state index in [4.69, 9.17) is 5.73 Å². The summed E-state index contributed by atoms with van der Waals surface area (Å²) in [7, 11) is 0. The van der Waals surface area contributed by atoms with E-state index in [0.717, 1.165) is 75.1 Å². The highest BCUT2D eigenvalue weighted by molar-refractivity contribution is 6.04.